The van der Waals surface area contributed by atoms with E-state index in [4.69, 9.17) is 15.2 Å². The van der Waals surface area contributed by atoms with Gasteiger partial charge in [-0.2, -0.15) is 0 Å². The van der Waals surface area contributed by atoms with Crippen LogP contribution < -0.4 is 10.5 Å². The predicted molar refractivity (Wildman–Crippen MR) is 91.4 cm³/mol. The fraction of sp³-hybridized carbons (Fsp3) is 0.316. The first-order valence-electron chi connectivity index (χ1n) is 8.09. The van der Waals surface area contributed by atoms with E-state index in [1.165, 1.54) is 5.56 Å². The topological polar surface area (TPSA) is 64.8 Å². The highest BCUT2D eigenvalue weighted by Gasteiger charge is 2.24. The summed E-state index contributed by atoms with van der Waals surface area (Å²) in [4.78, 5) is 13.4. The van der Waals surface area contributed by atoms with Gasteiger partial charge in [-0.1, -0.05) is 42.5 Å². The molecule has 5 heteroatoms. The van der Waals surface area contributed by atoms with Crippen LogP contribution in [0.2, 0.25) is 0 Å². The number of hydrogen-bond acceptors (Lipinski definition) is 4. The Morgan fingerprint density at radius 1 is 1.12 bits per heavy atom. The van der Waals surface area contributed by atoms with Gasteiger partial charge in [-0.25, -0.2) is 0 Å². The van der Waals surface area contributed by atoms with E-state index < -0.39 is 12.0 Å². The Morgan fingerprint density at radius 3 is 2.58 bits per heavy atom. The third-order valence-corrected chi connectivity index (χ3v) is 4.05. The summed E-state index contributed by atoms with van der Waals surface area (Å²) in [5.74, 6) is 0.448. The van der Waals surface area contributed by atoms with Crippen molar-refractivity contribution in [1.82, 2.24) is 4.90 Å². The van der Waals surface area contributed by atoms with Crippen molar-refractivity contribution in [3.05, 3.63) is 65.7 Å². The lowest BCUT2D eigenvalue weighted by molar-refractivity contribution is -0.135. The molecule has 0 spiro atoms. The van der Waals surface area contributed by atoms with Gasteiger partial charge in [0.2, 0.25) is 5.91 Å². The largest absolute Gasteiger partial charge is 0.489 e. The fourth-order valence-electron chi connectivity index (χ4n) is 2.71. The maximum Gasteiger partial charge on any atom is 0.247 e. The number of carbonyl (C=O) groups excluding carboxylic acids is 1. The number of ether oxygens (including phenoxy) is 2. The molecule has 2 aromatic rings. The zero-order chi connectivity index (χ0) is 16.8. The van der Waals surface area contributed by atoms with Gasteiger partial charge in [-0.15, -0.1) is 0 Å². The van der Waals surface area contributed by atoms with Crippen molar-refractivity contribution in [2.24, 2.45) is 5.73 Å². The van der Waals surface area contributed by atoms with Crippen LogP contribution in [-0.4, -0.2) is 36.6 Å². The monoisotopic (exact) mass is 326 g/mol. The quantitative estimate of drug-likeness (QED) is 0.881. The zero-order valence-corrected chi connectivity index (χ0v) is 13.6. The van der Waals surface area contributed by atoms with Gasteiger partial charge in [0.15, 0.2) is 0 Å². The molecule has 0 saturated carbocycles. The molecule has 1 saturated heterocycles. The Labute approximate surface area is 142 Å². The van der Waals surface area contributed by atoms with Crippen LogP contribution in [-0.2, 0) is 22.7 Å². The SMILES string of the molecule is NC(=O)[C@H]1CN(Cc2ccc(OCc3ccccc3)cc2)CCO1. The first-order valence-corrected chi connectivity index (χ1v) is 8.09. The normalized spacial score (nSPS) is 18.2. The Hall–Kier alpha value is -2.37. The average molecular weight is 326 g/mol. The summed E-state index contributed by atoms with van der Waals surface area (Å²) in [5, 5.41) is 0. The van der Waals surface area contributed by atoms with Crippen LogP contribution in [0.4, 0.5) is 0 Å². The third kappa shape index (κ3) is 4.57. The minimum Gasteiger partial charge on any atom is -0.489 e. The molecule has 5 nitrogen and oxygen atoms in total. The maximum absolute atomic E-state index is 11.2. The maximum atomic E-state index is 11.2. The molecule has 0 aliphatic carbocycles. The lowest BCUT2D eigenvalue weighted by atomic mass is 10.1. The molecule has 1 aliphatic heterocycles. The number of hydrogen-bond donors (Lipinski definition) is 1. The molecule has 1 atom stereocenters. The highest BCUT2D eigenvalue weighted by molar-refractivity contribution is 5.79. The third-order valence-electron chi connectivity index (χ3n) is 4.05. The van der Waals surface area contributed by atoms with Gasteiger partial charge >= 0.3 is 0 Å². The second-order valence-corrected chi connectivity index (χ2v) is 5.92. The first kappa shape index (κ1) is 16.5. The van der Waals surface area contributed by atoms with Crippen LogP contribution in [0.5, 0.6) is 5.75 Å². The zero-order valence-electron chi connectivity index (χ0n) is 13.6. The summed E-state index contributed by atoms with van der Waals surface area (Å²) < 4.78 is 11.2. The summed E-state index contributed by atoms with van der Waals surface area (Å²) in [6.07, 6.45) is -0.507. The van der Waals surface area contributed by atoms with Crippen molar-refractivity contribution >= 4 is 5.91 Å². The Kier molecular flexibility index (Phi) is 5.46. The molecular formula is C19H22N2O3. The number of primary amides is 1. The first-order chi connectivity index (χ1) is 11.7. The molecular weight excluding hydrogens is 304 g/mol. The predicted octanol–water partition coefficient (Wildman–Crippen LogP) is 1.95. The number of carbonyl (C=O) groups is 1. The van der Waals surface area contributed by atoms with Gasteiger partial charge in [-0.05, 0) is 23.3 Å². The van der Waals surface area contributed by atoms with Crippen molar-refractivity contribution < 1.29 is 14.3 Å². The second kappa shape index (κ2) is 7.95. The number of benzene rings is 2. The molecule has 1 amide bonds. The fourth-order valence-corrected chi connectivity index (χ4v) is 2.71. The van der Waals surface area contributed by atoms with Crippen molar-refractivity contribution in [3.63, 3.8) is 0 Å². The van der Waals surface area contributed by atoms with Crippen molar-refractivity contribution in [2.75, 3.05) is 19.7 Å². The van der Waals surface area contributed by atoms with Gasteiger partial charge in [0.1, 0.15) is 18.5 Å². The summed E-state index contributed by atoms with van der Waals surface area (Å²) in [7, 11) is 0. The highest BCUT2D eigenvalue weighted by Crippen LogP contribution is 2.16. The van der Waals surface area contributed by atoms with E-state index in [2.05, 4.69) is 17.0 Å². The average Bonchev–Trinajstić information content (AvgIpc) is 2.62. The smallest absolute Gasteiger partial charge is 0.247 e. The summed E-state index contributed by atoms with van der Waals surface area (Å²) >= 11 is 0. The molecule has 1 heterocycles. The minimum atomic E-state index is -0.507. The lowest BCUT2D eigenvalue weighted by Gasteiger charge is -2.31. The van der Waals surface area contributed by atoms with Crippen molar-refractivity contribution in [2.45, 2.75) is 19.3 Å². The Balaban J connectivity index is 1.52. The molecule has 126 valence electrons. The molecule has 0 unspecified atom stereocenters. The number of rotatable bonds is 6. The number of morpholine rings is 1. The van der Waals surface area contributed by atoms with Gasteiger partial charge in [0.05, 0.1) is 6.61 Å². The summed E-state index contributed by atoms with van der Waals surface area (Å²) in [6, 6.07) is 18.1. The molecule has 24 heavy (non-hydrogen) atoms. The van der Waals surface area contributed by atoms with Crippen molar-refractivity contribution in [1.29, 1.82) is 0 Å². The van der Waals surface area contributed by atoms with Gasteiger partial charge in [0.25, 0.3) is 0 Å². The number of amides is 1. The Bertz CT molecular complexity index is 658. The van der Waals surface area contributed by atoms with E-state index in [0.29, 0.717) is 19.8 Å². The molecule has 0 radical (unpaired) electrons. The minimum absolute atomic E-state index is 0.399. The molecule has 3 rings (SSSR count). The number of nitrogens with zero attached hydrogens (tertiary/aromatic N) is 1. The van der Waals surface area contributed by atoms with Crippen LogP contribution in [0.1, 0.15) is 11.1 Å². The van der Waals surface area contributed by atoms with E-state index in [1.54, 1.807) is 0 Å². The highest BCUT2D eigenvalue weighted by atomic mass is 16.5. The van der Waals surface area contributed by atoms with E-state index in [9.17, 15) is 4.79 Å². The summed E-state index contributed by atoms with van der Waals surface area (Å²) in [5.41, 5.74) is 7.64. The van der Waals surface area contributed by atoms with E-state index >= 15 is 0 Å². The standard InChI is InChI=1S/C19H22N2O3/c20-19(22)18-13-21(10-11-23-18)12-15-6-8-17(9-7-15)24-14-16-4-2-1-3-5-16/h1-9,18H,10-14H2,(H2,20,22)/t18-/m1/s1. The molecule has 2 aromatic carbocycles. The van der Waals surface area contributed by atoms with Crippen LogP contribution >= 0.6 is 0 Å². The molecule has 0 aromatic heterocycles. The van der Waals surface area contributed by atoms with Gasteiger partial charge < -0.3 is 15.2 Å². The molecule has 1 aliphatic rings. The van der Waals surface area contributed by atoms with E-state index in [0.717, 1.165) is 24.4 Å². The van der Waals surface area contributed by atoms with E-state index in [1.807, 2.05) is 42.5 Å². The Morgan fingerprint density at radius 2 is 1.88 bits per heavy atom. The van der Waals surface area contributed by atoms with E-state index in [-0.39, 0.29) is 0 Å². The number of nitrogens with two attached hydrogens (primary N) is 1. The van der Waals surface area contributed by atoms with Gasteiger partial charge in [-0.3, -0.25) is 9.69 Å². The van der Waals surface area contributed by atoms with Crippen LogP contribution in [0.15, 0.2) is 54.6 Å². The van der Waals surface area contributed by atoms with Crippen molar-refractivity contribution in [3.8, 4) is 5.75 Å². The summed E-state index contributed by atoms with van der Waals surface area (Å²) in [6.45, 7) is 3.21. The second-order valence-electron chi connectivity index (χ2n) is 5.92. The lowest BCUT2D eigenvalue weighted by Crippen LogP contribution is -2.47. The molecule has 2 N–H and O–H groups in total. The molecule has 0 bridgehead atoms. The van der Waals surface area contributed by atoms with Crippen LogP contribution in [0.3, 0.4) is 0 Å². The van der Waals surface area contributed by atoms with Crippen LogP contribution in [0.25, 0.3) is 0 Å². The van der Waals surface area contributed by atoms with Gasteiger partial charge in [0, 0.05) is 19.6 Å². The molecule has 1 fully saturated rings. The van der Waals surface area contributed by atoms with Crippen LogP contribution in [0, 0.1) is 0 Å².